The van der Waals surface area contributed by atoms with Gasteiger partial charge in [0.1, 0.15) is 0 Å². The molecule has 5 heteroatoms. The fourth-order valence-corrected chi connectivity index (χ4v) is 3.73. The second kappa shape index (κ2) is 6.80. The third-order valence-corrected chi connectivity index (χ3v) is 5.33. The van der Waals surface area contributed by atoms with E-state index in [4.69, 9.17) is 4.74 Å². The first-order valence-corrected chi connectivity index (χ1v) is 8.77. The van der Waals surface area contributed by atoms with E-state index in [2.05, 4.69) is 48.7 Å². The minimum Gasteiger partial charge on any atom is -0.389 e. The highest BCUT2D eigenvalue weighted by atomic mass is 79.9. The molecule has 0 spiro atoms. The molecule has 1 fully saturated rings. The molecule has 0 amide bonds. The summed E-state index contributed by atoms with van der Waals surface area (Å²) >= 11 is 3.67. The van der Waals surface area contributed by atoms with E-state index in [0.29, 0.717) is 31.8 Å². The number of ether oxygens (including phenoxy) is 1. The third-order valence-electron chi connectivity index (χ3n) is 4.41. The van der Waals surface area contributed by atoms with Crippen LogP contribution in [-0.2, 0) is 24.1 Å². The van der Waals surface area contributed by atoms with Gasteiger partial charge in [-0.15, -0.1) is 0 Å². The van der Waals surface area contributed by atoms with Crippen molar-refractivity contribution >= 4 is 15.9 Å². The summed E-state index contributed by atoms with van der Waals surface area (Å²) in [5.41, 5.74) is 1.50. The van der Waals surface area contributed by atoms with Crippen molar-refractivity contribution < 1.29 is 9.84 Å². The molecule has 1 aliphatic rings. The van der Waals surface area contributed by atoms with Crippen LogP contribution in [0.4, 0.5) is 0 Å². The lowest BCUT2D eigenvalue weighted by atomic mass is 9.83. The van der Waals surface area contributed by atoms with Crippen molar-refractivity contribution in [3.05, 3.63) is 15.9 Å². The van der Waals surface area contributed by atoms with Crippen LogP contribution in [0.1, 0.15) is 51.9 Å². The van der Waals surface area contributed by atoms with Crippen LogP contribution in [0.5, 0.6) is 0 Å². The van der Waals surface area contributed by atoms with Crippen molar-refractivity contribution in [1.82, 2.24) is 9.78 Å². The summed E-state index contributed by atoms with van der Waals surface area (Å²) in [6.07, 6.45) is 3.08. The molecule has 0 aromatic carbocycles. The Labute approximate surface area is 136 Å². The summed E-state index contributed by atoms with van der Waals surface area (Å²) in [6, 6.07) is 0. The molecule has 0 aliphatic carbocycles. The molecule has 1 saturated heterocycles. The Hall–Kier alpha value is -0.390. The third kappa shape index (κ3) is 3.69. The maximum atomic E-state index is 11.0. The van der Waals surface area contributed by atoms with Gasteiger partial charge < -0.3 is 9.84 Å². The standard InChI is InChI=1S/C16H27BrN2O2/c1-5-12-15(17)13(19(6-2)18-12)9-16(20)7-8-21-14(10-16)11(3)4/h11,14,20H,5-10H2,1-4H3. The molecular formula is C16H27BrN2O2. The van der Waals surface area contributed by atoms with Gasteiger partial charge in [0, 0.05) is 26.0 Å². The molecule has 1 aromatic heterocycles. The lowest BCUT2D eigenvalue weighted by Gasteiger charge is -2.38. The number of aryl methyl sites for hydroxylation is 2. The highest BCUT2D eigenvalue weighted by molar-refractivity contribution is 9.10. The van der Waals surface area contributed by atoms with Crippen molar-refractivity contribution in [2.75, 3.05) is 6.61 Å². The molecular weight excluding hydrogens is 332 g/mol. The number of aliphatic hydroxyl groups is 1. The summed E-state index contributed by atoms with van der Waals surface area (Å²) in [4.78, 5) is 0. The van der Waals surface area contributed by atoms with Gasteiger partial charge in [-0.05, 0) is 41.6 Å². The van der Waals surface area contributed by atoms with E-state index in [1.165, 1.54) is 0 Å². The molecule has 0 radical (unpaired) electrons. The van der Waals surface area contributed by atoms with Crippen LogP contribution in [0.2, 0.25) is 0 Å². The zero-order valence-corrected chi connectivity index (χ0v) is 15.1. The van der Waals surface area contributed by atoms with Crippen molar-refractivity contribution in [3.63, 3.8) is 0 Å². The predicted octanol–water partition coefficient (Wildman–Crippen LogP) is 3.34. The summed E-state index contributed by atoms with van der Waals surface area (Å²) in [6.45, 7) is 9.96. The van der Waals surface area contributed by atoms with Crippen LogP contribution in [0.25, 0.3) is 0 Å². The van der Waals surface area contributed by atoms with Crippen molar-refractivity contribution in [3.8, 4) is 0 Å². The topological polar surface area (TPSA) is 47.3 Å². The first-order chi connectivity index (χ1) is 9.90. The van der Waals surface area contributed by atoms with Crippen LogP contribution < -0.4 is 0 Å². The van der Waals surface area contributed by atoms with Crippen LogP contribution in [0, 0.1) is 5.92 Å². The molecule has 0 bridgehead atoms. The lowest BCUT2D eigenvalue weighted by Crippen LogP contribution is -2.44. The van der Waals surface area contributed by atoms with Crippen LogP contribution in [0.15, 0.2) is 4.47 Å². The zero-order chi connectivity index (χ0) is 15.6. The molecule has 2 atom stereocenters. The zero-order valence-electron chi connectivity index (χ0n) is 13.5. The quantitative estimate of drug-likeness (QED) is 0.877. The Bertz CT molecular complexity index is 487. The highest BCUT2D eigenvalue weighted by Gasteiger charge is 2.38. The van der Waals surface area contributed by atoms with Crippen molar-refractivity contribution in [1.29, 1.82) is 0 Å². The molecule has 120 valence electrons. The molecule has 21 heavy (non-hydrogen) atoms. The van der Waals surface area contributed by atoms with Gasteiger partial charge in [-0.1, -0.05) is 20.8 Å². The van der Waals surface area contributed by atoms with E-state index in [-0.39, 0.29) is 6.10 Å². The number of hydrogen-bond acceptors (Lipinski definition) is 3. The summed E-state index contributed by atoms with van der Waals surface area (Å²) in [5, 5.41) is 15.7. The van der Waals surface area contributed by atoms with Gasteiger partial charge in [0.2, 0.25) is 0 Å². The number of hydrogen-bond donors (Lipinski definition) is 1. The summed E-state index contributed by atoms with van der Waals surface area (Å²) in [7, 11) is 0. The van der Waals surface area contributed by atoms with Crippen molar-refractivity contribution in [2.24, 2.45) is 5.92 Å². The minimum atomic E-state index is -0.687. The van der Waals surface area contributed by atoms with Crippen LogP contribution in [-0.4, -0.2) is 33.2 Å². The van der Waals surface area contributed by atoms with Crippen LogP contribution in [0.3, 0.4) is 0 Å². The van der Waals surface area contributed by atoms with E-state index in [1.807, 2.05) is 4.68 Å². The maximum absolute atomic E-state index is 11.0. The van der Waals surface area contributed by atoms with Gasteiger partial charge in [-0.25, -0.2) is 0 Å². The molecule has 4 nitrogen and oxygen atoms in total. The summed E-state index contributed by atoms with van der Waals surface area (Å²) in [5.74, 6) is 0.433. The Balaban J connectivity index is 2.22. The molecule has 2 unspecified atom stereocenters. The van der Waals surface area contributed by atoms with E-state index < -0.39 is 5.60 Å². The second-order valence-corrected chi connectivity index (χ2v) is 7.18. The molecule has 2 heterocycles. The largest absolute Gasteiger partial charge is 0.389 e. The number of aromatic nitrogens is 2. The Morgan fingerprint density at radius 1 is 1.48 bits per heavy atom. The molecule has 0 saturated carbocycles. The number of halogens is 1. The highest BCUT2D eigenvalue weighted by Crippen LogP contribution is 2.34. The van der Waals surface area contributed by atoms with E-state index >= 15 is 0 Å². The first kappa shape index (κ1) is 17.0. The average molecular weight is 359 g/mol. The van der Waals surface area contributed by atoms with E-state index in [1.54, 1.807) is 0 Å². The maximum Gasteiger partial charge on any atom is 0.0766 e. The Kier molecular flexibility index (Phi) is 5.49. The van der Waals surface area contributed by atoms with Crippen LogP contribution >= 0.6 is 15.9 Å². The number of nitrogens with zero attached hydrogens (tertiary/aromatic N) is 2. The second-order valence-electron chi connectivity index (χ2n) is 6.39. The lowest BCUT2D eigenvalue weighted by molar-refractivity contribution is -0.117. The normalized spacial score (nSPS) is 26.5. The SMILES string of the molecule is CCc1nn(CC)c(CC2(O)CCOC(C(C)C)C2)c1Br. The Morgan fingerprint density at radius 2 is 2.19 bits per heavy atom. The fraction of sp³-hybridized carbons (Fsp3) is 0.812. The minimum absolute atomic E-state index is 0.145. The fourth-order valence-electron chi connectivity index (χ4n) is 3.02. The van der Waals surface area contributed by atoms with E-state index in [9.17, 15) is 5.11 Å². The molecule has 1 aromatic rings. The summed E-state index contributed by atoms with van der Waals surface area (Å²) < 4.78 is 8.87. The smallest absolute Gasteiger partial charge is 0.0766 e. The van der Waals surface area contributed by atoms with Gasteiger partial charge in [0.05, 0.1) is 27.6 Å². The van der Waals surface area contributed by atoms with Gasteiger partial charge >= 0.3 is 0 Å². The van der Waals surface area contributed by atoms with Gasteiger partial charge in [-0.3, -0.25) is 4.68 Å². The Morgan fingerprint density at radius 3 is 2.76 bits per heavy atom. The molecule has 2 rings (SSSR count). The van der Waals surface area contributed by atoms with Crippen molar-refractivity contribution in [2.45, 2.75) is 71.6 Å². The average Bonchev–Trinajstić information content (AvgIpc) is 2.74. The first-order valence-electron chi connectivity index (χ1n) is 7.98. The van der Waals surface area contributed by atoms with E-state index in [0.717, 1.165) is 28.8 Å². The number of rotatable bonds is 5. The monoisotopic (exact) mass is 358 g/mol. The van der Waals surface area contributed by atoms with Gasteiger partial charge in [0.15, 0.2) is 0 Å². The molecule has 1 aliphatic heterocycles. The van der Waals surface area contributed by atoms with Gasteiger partial charge in [-0.2, -0.15) is 5.10 Å². The predicted molar refractivity (Wildman–Crippen MR) is 87.4 cm³/mol. The molecule has 1 N–H and O–H groups in total. The van der Waals surface area contributed by atoms with Gasteiger partial charge in [0.25, 0.3) is 0 Å².